The summed E-state index contributed by atoms with van der Waals surface area (Å²) in [6.45, 7) is 6.22. The fourth-order valence-corrected chi connectivity index (χ4v) is 2.59. The second-order valence-corrected chi connectivity index (χ2v) is 5.38. The molecule has 0 spiro atoms. The second-order valence-electron chi connectivity index (χ2n) is 5.38. The van der Waals surface area contributed by atoms with Gasteiger partial charge in [-0.25, -0.2) is 0 Å². The zero-order chi connectivity index (χ0) is 18.9. The van der Waals surface area contributed by atoms with Gasteiger partial charge in [-0.15, -0.1) is 0 Å². The molecule has 0 aromatic heterocycles. The van der Waals surface area contributed by atoms with Crippen molar-refractivity contribution < 1.29 is 23.5 Å². The van der Waals surface area contributed by atoms with E-state index in [1.165, 1.54) is 0 Å². The maximum Gasteiger partial charge on any atom is 0.336 e. The van der Waals surface area contributed by atoms with Crippen molar-refractivity contribution in [1.29, 1.82) is 0 Å². The highest BCUT2D eigenvalue weighted by Gasteiger charge is 2.20. The largest absolute Gasteiger partial charge is 0.565 e. The van der Waals surface area contributed by atoms with Gasteiger partial charge in [0, 0.05) is 12.1 Å². The quantitative estimate of drug-likeness (QED) is 0.477. The van der Waals surface area contributed by atoms with Gasteiger partial charge < -0.3 is 18.7 Å². The zero-order valence-corrected chi connectivity index (χ0v) is 15.8. The molecular formula is C17H22B4O5. The Morgan fingerprint density at radius 1 is 0.846 bits per heavy atom. The van der Waals surface area contributed by atoms with Gasteiger partial charge in [-0.1, -0.05) is 20.5 Å². The van der Waals surface area contributed by atoms with Crippen LogP contribution < -0.4 is 18.7 Å². The fourth-order valence-electron chi connectivity index (χ4n) is 2.59. The minimum absolute atomic E-state index is 0.164. The lowest BCUT2D eigenvalue weighted by Crippen LogP contribution is -2.10. The smallest absolute Gasteiger partial charge is 0.336 e. The van der Waals surface area contributed by atoms with Crippen LogP contribution in [-0.2, 0) is 0 Å². The van der Waals surface area contributed by atoms with E-state index < -0.39 is 0 Å². The summed E-state index contributed by atoms with van der Waals surface area (Å²) in [6, 6.07) is 10.5. The topological polar surface area (TPSA) is 54.0 Å². The van der Waals surface area contributed by atoms with E-state index in [4.69, 9.17) is 18.7 Å². The molecule has 0 N–H and O–H groups in total. The number of rotatable bonds is 10. The molecule has 2 aromatic carbocycles. The van der Waals surface area contributed by atoms with Crippen molar-refractivity contribution in [1.82, 2.24) is 0 Å². The first-order chi connectivity index (χ1) is 12.6. The summed E-state index contributed by atoms with van der Waals surface area (Å²) in [5.74, 6) is 2.18. The van der Waals surface area contributed by atoms with E-state index in [2.05, 4.69) is 0 Å². The Hall–Kier alpha value is -2.43. The van der Waals surface area contributed by atoms with Crippen LogP contribution in [0.25, 0.3) is 0 Å². The maximum absolute atomic E-state index is 13.1. The minimum atomic E-state index is -0.164. The molecule has 2 aromatic rings. The van der Waals surface area contributed by atoms with Crippen LogP contribution in [0, 0.1) is 0 Å². The van der Waals surface area contributed by atoms with Gasteiger partial charge in [-0.2, -0.15) is 0 Å². The van der Waals surface area contributed by atoms with Crippen LogP contribution >= 0.6 is 0 Å². The van der Waals surface area contributed by atoms with Gasteiger partial charge in [0.15, 0.2) is 13.6 Å². The van der Waals surface area contributed by atoms with E-state index in [1.54, 1.807) is 36.4 Å². The van der Waals surface area contributed by atoms with E-state index in [-0.39, 0.29) is 5.78 Å². The minimum Gasteiger partial charge on any atom is -0.565 e. The molecule has 0 atom stereocenters. The third-order valence-electron chi connectivity index (χ3n) is 3.62. The summed E-state index contributed by atoms with van der Waals surface area (Å²) in [6.07, 6.45) is 0. The first-order valence-electron chi connectivity index (χ1n) is 8.98. The lowest BCUT2D eigenvalue weighted by molar-refractivity contribution is 0.103. The molecule has 0 aliphatic heterocycles. The van der Waals surface area contributed by atoms with E-state index in [0.717, 1.165) is 0 Å². The molecule has 132 valence electrons. The number of ether oxygens (including phenoxy) is 1. The van der Waals surface area contributed by atoms with Crippen molar-refractivity contribution in [3.8, 4) is 23.0 Å². The van der Waals surface area contributed by atoms with Crippen molar-refractivity contribution in [2.24, 2.45) is 0 Å². The van der Waals surface area contributed by atoms with Crippen LogP contribution in [0.5, 0.6) is 23.0 Å². The SMILES string of the molecule is BCOc1ccc(C(=O)c2ccc(OBC)cc2OBC)c(OBC)c1. The Kier molecular flexibility index (Phi) is 7.57. The molecule has 0 unspecified atom stereocenters. The molecule has 0 radical (unpaired) electrons. The predicted molar refractivity (Wildman–Crippen MR) is 111 cm³/mol. The van der Waals surface area contributed by atoms with Crippen LogP contribution in [0.15, 0.2) is 36.4 Å². The molecule has 9 heteroatoms. The highest BCUT2D eigenvalue weighted by Crippen LogP contribution is 2.31. The van der Waals surface area contributed by atoms with E-state index >= 15 is 0 Å². The highest BCUT2D eigenvalue weighted by atomic mass is 16.5. The third kappa shape index (κ3) is 4.81. The van der Waals surface area contributed by atoms with E-state index in [0.29, 0.717) is 63.1 Å². The molecule has 5 nitrogen and oxygen atoms in total. The van der Waals surface area contributed by atoms with Crippen LogP contribution in [0.3, 0.4) is 0 Å². The standard InChI is InChI=1S/C17H22B4O5/c1-19-24-12-5-7-14(16(9-12)26-21-3)17(22)13-6-4-11(23-10-18)8-15(13)25-20-2/h4-9,19-21H,10,18H2,1-3H3. The third-order valence-corrected chi connectivity index (χ3v) is 3.62. The first kappa shape index (κ1) is 19.9. The summed E-state index contributed by atoms with van der Waals surface area (Å²) in [5, 5.41) is 0. The van der Waals surface area contributed by atoms with Crippen LogP contribution in [0.4, 0.5) is 0 Å². The summed E-state index contributed by atoms with van der Waals surface area (Å²) >= 11 is 0. The van der Waals surface area contributed by atoms with Gasteiger partial charge in [-0.3, -0.25) is 4.79 Å². The summed E-state index contributed by atoms with van der Waals surface area (Å²) in [4.78, 5) is 13.1. The number of carbonyl (C=O) groups is 1. The second kappa shape index (κ2) is 9.90. The van der Waals surface area contributed by atoms with Crippen molar-refractivity contribution in [2.75, 3.05) is 6.51 Å². The molecule has 2 rings (SSSR count). The predicted octanol–water partition coefficient (Wildman–Crippen LogP) is 1.22. The van der Waals surface area contributed by atoms with Gasteiger partial charge in [0.1, 0.15) is 23.0 Å². The van der Waals surface area contributed by atoms with E-state index in [1.807, 2.05) is 28.3 Å². The molecule has 0 aliphatic carbocycles. The monoisotopic (exact) mass is 350 g/mol. The molecule has 0 saturated heterocycles. The Labute approximate surface area is 157 Å². The molecule has 0 aliphatic rings. The van der Waals surface area contributed by atoms with Crippen molar-refractivity contribution in [2.45, 2.75) is 20.5 Å². The molecule has 0 heterocycles. The number of benzene rings is 2. The van der Waals surface area contributed by atoms with Crippen molar-refractivity contribution in [3.63, 3.8) is 0 Å². The average molecular weight is 350 g/mol. The van der Waals surface area contributed by atoms with Gasteiger partial charge in [0.05, 0.1) is 17.6 Å². The van der Waals surface area contributed by atoms with Crippen LogP contribution in [0.2, 0.25) is 20.5 Å². The molecule has 0 saturated carbocycles. The number of ketones is 1. The Balaban J connectivity index is 2.44. The van der Waals surface area contributed by atoms with Crippen LogP contribution in [-0.4, -0.2) is 42.6 Å². The maximum atomic E-state index is 13.1. The number of hydrogen-bond donors (Lipinski definition) is 0. The Morgan fingerprint density at radius 3 is 1.85 bits per heavy atom. The lowest BCUT2D eigenvalue weighted by Gasteiger charge is -2.15. The molecule has 0 bridgehead atoms. The first-order valence-corrected chi connectivity index (χ1v) is 8.98. The lowest BCUT2D eigenvalue weighted by atomic mass is 9.98. The molecule has 0 fully saturated rings. The molecule has 0 amide bonds. The highest BCUT2D eigenvalue weighted by molar-refractivity contribution is 6.28. The summed E-state index contributed by atoms with van der Waals surface area (Å²) < 4.78 is 22.3. The fraction of sp³-hybridized carbons (Fsp3) is 0.235. The Morgan fingerprint density at radius 2 is 1.35 bits per heavy atom. The van der Waals surface area contributed by atoms with Crippen molar-refractivity contribution in [3.05, 3.63) is 47.5 Å². The van der Waals surface area contributed by atoms with Crippen molar-refractivity contribution >= 4 is 36.1 Å². The average Bonchev–Trinajstić information content (AvgIpc) is 2.63. The molecular weight excluding hydrogens is 327 g/mol. The number of hydrogen-bond acceptors (Lipinski definition) is 5. The number of carbonyl (C=O) groups excluding carboxylic acids is 1. The van der Waals surface area contributed by atoms with Gasteiger partial charge in [0.2, 0.25) is 0 Å². The summed E-state index contributed by atoms with van der Waals surface area (Å²) in [5.41, 5.74) is 0.945. The molecule has 26 heavy (non-hydrogen) atoms. The van der Waals surface area contributed by atoms with Crippen LogP contribution in [0.1, 0.15) is 15.9 Å². The Bertz CT molecular complexity index is 692. The van der Waals surface area contributed by atoms with E-state index in [9.17, 15) is 4.79 Å². The van der Waals surface area contributed by atoms with Gasteiger partial charge in [0.25, 0.3) is 0 Å². The van der Waals surface area contributed by atoms with Gasteiger partial charge >= 0.3 is 22.4 Å². The zero-order valence-electron chi connectivity index (χ0n) is 15.8. The normalized spacial score (nSPS) is 9.81. The summed E-state index contributed by atoms with van der Waals surface area (Å²) in [7, 11) is 3.37. The van der Waals surface area contributed by atoms with Gasteiger partial charge in [-0.05, 0) is 24.3 Å².